The molecule has 0 aromatic heterocycles. The molecule has 5 heteroatoms. The molecule has 1 saturated heterocycles. The van der Waals surface area contributed by atoms with Crippen LogP contribution in [-0.4, -0.2) is 48.7 Å². The summed E-state index contributed by atoms with van der Waals surface area (Å²) in [4.78, 5) is 14.9. The Morgan fingerprint density at radius 2 is 2.23 bits per heavy atom. The van der Waals surface area contributed by atoms with E-state index in [1.165, 1.54) is 13.5 Å². The number of hydrogen-bond donors (Lipinski definition) is 2. The molecule has 1 heterocycles. The number of phenolic OH excluding ortho intramolecular Hbond substituents is 1. The summed E-state index contributed by atoms with van der Waals surface area (Å²) in [5.41, 5.74) is 0.991. The van der Waals surface area contributed by atoms with Crippen LogP contribution in [0.2, 0.25) is 0 Å². The maximum Gasteiger partial charge on any atom is 0.258 e. The van der Waals surface area contributed by atoms with Crippen molar-refractivity contribution in [2.45, 2.75) is 39.2 Å². The number of hydrogen-bond acceptors (Lipinski definition) is 4. The number of methoxy groups -OCH3 is 1. The number of amides is 1. The summed E-state index contributed by atoms with van der Waals surface area (Å²) in [6.45, 7) is 6.78. The Morgan fingerprint density at radius 3 is 2.86 bits per heavy atom. The molecule has 1 aromatic rings. The topological polar surface area (TPSA) is 61.8 Å². The average Bonchev–Trinajstić information content (AvgIpc) is 2.99. The first-order chi connectivity index (χ1) is 10.6. The molecule has 1 atom stereocenters. The first-order valence-electron chi connectivity index (χ1n) is 8.03. The fraction of sp³-hybridized carbons (Fsp3) is 0.588. The van der Waals surface area contributed by atoms with Gasteiger partial charge in [0.15, 0.2) is 0 Å². The number of phenols is 1. The quantitative estimate of drug-likeness (QED) is 0.845. The van der Waals surface area contributed by atoms with Crippen LogP contribution in [-0.2, 0) is 6.42 Å². The molecule has 2 rings (SSSR count). The van der Waals surface area contributed by atoms with E-state index in [2.05, 4.69) is 17.1 Å². The zero-order valence-corrected chi connectivity index (χ0v) is 13.7. The number of likely N-dealkylation sites (N-methyl/N-ethyl adjacent to an activating group) is 1. The predicted molar refractivity (Wildman–Crippen MR) is 86.6 cm³/mol. The van der Waals surface area contributed by atoms with Gasteiger partial charge in [0.2, 0.25) is 0 Å². The number of nitrogens with one attached hydrogen (secondary N) is 1. The first-order valence-corrected chi connectivity index (χ1v) is 8.03. The van der Waals surface area contributed by atoms with Gasteiger partial charge in [0.05, 0.1) is 7.11 Å². The number of rotatable bonds is 6. The second kappa shape index (κ2) is 7.49. The van der Waals surface area contributed by atoms with Gasteiger partial charge >= 0.3 is 0 Å². The molecule has 0 saturated carbocycles. The summed E-state index contributed by atoms with van der Waals surface area (Å²) in [5, 5.41) is 13.3. The molecule has 0 spiro atoms. The van der Waals surface area contributed by atoms with E-state index < -0.39 is 0 Å². The molecule has 1 aliphatic heterocycles. The van der Waals surface area contributed by atoms with Gasteiger partial charge in [0.25, 0.3) is 5.91 Å². The average molecular weight is 306 g/mol. The summed E-state index contributed by atoms with van der Waals surface area (Å²) in [6.07, 6.45) is 2.95. The molecule has 5 nitrogen and oxygen atoms in total. The summed E-state index contributed by atoms with van der Waals surface area (Å²) in [7, 11) is 1.51. The van der Waals surface area contributed by atoms with Crippen molar-refractivity contribution in [3.05, 3.63) is 23.3 Å². The third-order valence-corrected chi connectivity index (χ3v) is 4.45. The van der Waals surface area contributed by atoms with Crippen molar-refractivity contribution in [1.82, 2.24) is 10.2 Å². The minimum atomic E-state index is -0.271. The second-order valence-corrected chi connectivity index (χ2v) is 5.64. The van der Waals surface area contributed by atoms with Gasteiger partial charge in [-0.15, -0.1) is 0 Å². The lowest BCUT2D eigenvalue weighted by molar-refractivity contribution is 0.0935. The third-order valence-electron chi connectivity index (χ3n) is 4.45. The molecule has 1 aromatic carbocycles. The van der Waals surface area contributed by atoms with Crippen LogP contribution in [0.1, 0.15) is 42.6 Å². The van der Waals surface area contributed by atoms with Gasteiger partial charge in [-0.1, -0.05) is 19.9 Å². The number of carbonyl (C=O) groups is 1. The van der Waals surface area contributed by atoms with E-state index in [0.29, 0.717) is 24.8 Å². The maximum absolute atomic E-state index is 12.5. The van der Waals surface area contributed by atoms with E-state index in [1.807, 2.05) is 6.92 Å². The number of aryl methyl sites for hydroxylation is 1. The van der Waals surface area contributed by atoms with Crippen molar-refractivity contribution in [3.63, 3.8) is 0 Å². The third kappa shape index (κ3) is 3.35. The van der Waals surface area contributed by atoms with Crippen LogP contribution in [0.3, 0.4) is 0 Å². The summed E-state index contributed by atoms with van der Waals surface area (Å²) >= 11 is 0. The van der Waals surface area contributed by atoms with Crippen molar-refractivity contribution in [1.29, 1.82) is 0 Å². The molecular formula is C17H26N2O3. The molecule has 0 aliphatic carbocycles. The zero-order chi connectivity index (χ0) is 16.1. The minimum absolute atomic E-state index is 0.0260. The fourth-order valence-electron chi connectivity index (χ4n) is 3.13. The van der Waals surface area contributed by atoms with Gasteiger partial charge in [0, 0.05) is 12.6 Å². The van der Waals surface area contributed by atoms with E-state index in [0.717, 1.165) is 25.1 Å². The molecule has 22 heavy (non-hydrogen) atoms. The molecule has 1 fully saturated rings. The van der Waals surface area contributed by atoms with Crippen molar-refractivity contribution in [2.75, 3.05) is 26.7 Å². The molecule has 1 aliphatic rings. The molecule has 2 N–H and O–H groups in total. The standard InChI is InChI=1S/C17H26N2O3/c1-4-12-8-9-14(22-3)15(16(12)20)17(21)18-11-13-7-6-10-19(13)5-2/h8-9,13,20H,4-7,10-11H2,1-3H3,(H,18,21)/t13-/m1/s1. The fourth-order valence-corrected chi connectivity index (χ4v) is 3.13. The monoisotopic (exact) mass is 306 g/mol. The van der Waals surface area contributed by atoms with Crippen LogP contribution >= 0.6 is 0 Å². The van der Waals surface area contributed by atoms with Crippen molar-refractivity contribution < 1.29 is 14.6 Å². The summed E-state index contributed by atoms with van der Waals surface area (Å²) in [5.74, 6) is 0.164. The van der Waals surface area contributed by atoms with Crippen LogP contribution in [0.15, 0.2) is 12.1 Å². The Morgan fingerprint density at radius 1 is 1.45 bits per heavy atom. The van der Waals surface area contributed by atoms with E-state index in [1.54, 1.807) is 12.1 Å². The molecule has 122 valence electrons. The molecule has 0 unspecified atom stereocenters. The lowest BCUT2D eigenvalue weighted by Gasteiger charge is -2.23. The Labute approximate surface area is 132 Å². The summed E-state index contributed by atoms with van der Waals surface area (Å²) in [6, 6.07) is 3.92. The highest BCUT2D eigenvalue weighted by atomic mass is 16.5. The van der Waals surface area contributed by atoms with Crippen LogP contribution in [0.25, 0.3) is 0 Å². The van der Waals surface area contributed by atoms with Gasteiger partial charge in [-0.05, 0) is 44.0 Å². The lowest BCUT2D eigenvalue weighted by Crippen LogP contribution is -2.40. The Hall–Kier alpha value is -1.75. The smallest absolute Gasteiger partial charge is 0.258 e. The second-order valence-electron chi connectivity index (χ2n) is 5.64. The van der Waals surface area contributed by atoms with Crippen LogP contribution in [0.4, 0.5) is 0 Å². The minimum Gasteiger partial charge on any atom is -0.507 e. The SMILES string of the molecule is CCc1ccc(OC)c(C(=O)NC[C@H]2CCCN2CC)c1O. The lowest BCUT2D eigenvalue weighted by atomic mass is 10.0. The van der Waals surface area contributed by atoms with E-state index in [9.17, 15) is 9.90 Å². The Kier molecular flexibility index (Phi) is 5.66. The van der Waals surface area contributed by atoms with Crippen LogP contribution in [0, 0.1) is 0 Å². The van der Waals surface area contributed by atoms with Crippen LogP contribution in [0.5, 0.6) is 11.5 Å². The normalized spacial score (nSPS) is 18.4. The van der Waals surface area contributed by atoms with Crippen molar-refractivity contribution >= 4 is 5.91 Å². The highest BCUT2D eigenvalue weighted by molar-refractivity contribution is 6.00. The van der Waals surface area contributed by atoms with Gasteiger partial charge in [0.1, 0.15) is 17.1 Å². The summed E-state index contributed by atoms with van der Waals surface area (Å²) < 4.78 is 5.23. The van der Waals surface area contributed by atoms with Crippen molar-refractivity contribution in [3.8, 4) is 11.5 Å². The predicted octanol–water partition coefficient (Wildman–Crippen LogP) is 2.18. The molecule has 0 bridgehead atoms. The van der Waals surface area contributed by atoms with E-state index >= 15 is 0 Å². The molecule has 1 amide bonds. The van der Waals surface area contributed by atoms with Gasteiger partial charge in [-0.2, -0.15) is 0 Å². The van der Waals surface area contributed by atoms with E-state index in [-0.39, 0.29) is 17.2 Å². The number of likely N-dealkylation sites (tertiary alicyclic amines) is 1. The zero-order valence-electron chi connectivity index (χ0n) is 13.7. The van der Waals surface area contributed by atoms with Gasteiger partial charge in [-0.3, -0.25) is 9.69 Å². The largest absolute Gasteiger partial charge is 0.507 e. The Balaban J connectivity index is 2.12. The van der Waals surface area contributed by atoms with Gasteiger partial charge in [-0.25, -0.2) is 0 Å². The highest BCUT2D eigenvalue weighted by Gasteiger charge is 2.25. The number of benzene rings is 1. The number of nitrogens with zero attached hydrogens (tertiary/aromatic N) is 1. The first kappa shape index (κ1) is 16.6. The maximum atomic E-state index is 12.5. The molecular weight excluding hydrogens is 280 g/mol. The number of aromatic hydroxyl groups is 1. The van der Waals surface area contributed by atoms with E-state index in [4.69, 9.17) is 4.74 Å². The highest BCUT2D eigenvalue weighted by Crippen LogP contribution is 2.31. The number of carbonyl (C=O) groups excluding carboxylic acids is 1. The Bertz CT molecular complexity index is 531. The number of ether oxygens (including phenoxy) is 1. The molecule has 0 radical (unpaired) electrons. The van der Waals surface area contributed by atoms with Crippen LogP contribution < -0.4 is 10.1 Å². The van der Waals surface area contributed by atoms with Gasteiger partial charge < -0.3 is 15.2 Å². The van der Waals surface area contributed by atoms with Crippen molar-refractivity contribution in [2.24, 2.45) is 0 Å².